The van der Waals surface area contributed by atoms with E-state index in [0.717, 1.165) is 14.9 Å². The normalized spacial score (nSPS) is 12.3. The van der Waals surface area contributed by atoms with Gasteiger partial charge in [-0.25, -0.2) is 0 Å². The van der Waals surface area contributed by atoms with E-state index in [1.165, 1.54) is 11.8 Å². The molecule has 0 fully saturated rings. The lowest BCUT2D eigenvalue weighted by Crippen LogP contribution is -2.52. The Labute approximate surface area is 180 Å². The van der Waals surface area contributed by atoms with Crippen molar-refractivity contribution in [1.29, 1.82) is 0 Å². The summed E-state index contributed by atoms with van der Waals surface area (Å²) < 4.78 is 0.979. The van der Waals surface area contributed by atoms with E-state index in [9.17, 15) is 9.59 Å². The monoisotopic (exact) mass is 462 g/mol. The van der Waals surface area contributed by atoms with Gasteiger partial charge in [0.05, 0.1) is 5.75 Å². The number of hydrogen-bond donors (Lipinski definition) is 1. The molecule has 1 unspecified atom stereocenters. The molecule has 4 nitrogen and oxygen atoms in total. The summed E-state index contributed by atoms with van der Waals surface area (Å²) in [4.78, 5) is 28.4. The van der Waals surface area contributed by atoms with Crippen LogP contribution in [0.5, 0.6) is 0 Å². The average molecular weight is 463 g/mol. The molecule has 0 heterocycles. The molecule has 6 heteroatoms. The summed E-state index contributed by atoms with van der Waals surface area (Å²) >= 11 is 4.91. The number of amides is 2. The molecule has 0 saturated heterocycles. The maximum absolute atomic E-state index is 13.0. The van der Waals surface area contributed by atoms with Gasteiger partial charge in [0, 0.05) is 21.5 Å². The summed E-state index contributed by atoms with van der Waals surface area (Å²) in [5.74, 6) is 0.0734. The lowest BCUT2D eigenvalue weighted by atomic mass is 10.1. The summed E-state index contributed by atoms with van der Waals surface area (Å²) in [5, 5.41) is 2.98. The molecule has 0 bridgehead atoms. The van der Waals surface area contributed by atoms with E-state index in [-0.39, 0.29) is 23.1 Å². The Hall–Kier alpha value is -1.79. The second-order valence-corrected chi connectivity index (χ2v) is 9.63. The Bertz CT molecular complexity index is 788. The number of hydrogen-bond acceptors (Lipinski definition) is 3. The molecule has 0 aromatic heterocycles. The van der Waals surface area contributed by atoms with Crippen LogP contribution in [0, 0.1) is 0 Å². The van der Waals surface area contributed by atoms with Crippen LogP contribution in [-0.2, 0) is 16.1 Å². The molecule has 2 amide bonds. The van der Waals surface area contributed by atoms with Gasteiger partial charge in [0.15, 0.2) is 0 Å². The average Bonchev–Trinajstić information content (AvgIpc) is 2.64. The number of nitrogens with zero attached hydrogens (tertiary/aromatic N) is 1. The first-order chi connectivity index (χ1) is 13.2. The van der Waals surface area contributed by atoms with E-state index in [2.05, 4.69) is 21.2 Å². The maximum Gasteiger partial charge on any atom is 0.242 e. The van der Waals surface area contributed by atoms with Crippen LogP contribution in [-0.4, -0.2) is 34.0 Å². The Morgan fingerprint density at radius 2 is 1.68 bits per heavy atom. The van der Waals surface area contributed by atoms with Gasteiger partial charge >= 0.3 is 0 Å². The number of benzene rings is 2. The van der Waals surface area contributed by atoms with Gasteiger partial charge in [-0.15, -0.1) is 11.8 Å². The third-order valence-corrected chi connectivity index (χ3v) is 5.56. The number of rotatable bonds is 7. The highest BCUT2D eigenvalue weighted by molar-refractivity contribution is 9.10. The smallest absolute Gasteiger partial charge is 0.242 e. The van der Waals surface area contributed by atoms with Crippen molar-refractivity contribution < 1.29 is 9.59 Å². The largest absolute Gasteiger partial charge is 0.350 e. The predicted octanol–water partition coefficient (Wildman–Crippen LogP) is 4.87. The first kappa shape index (κ1) is 22.5. The number of halogens is 1. The first-order valence-corrected chi connectivity index (χ1v) is 11.0. The molecular weight excluding hydrogens is 436 g/mol. The van der Waals surface area contributed by atoms with E-state index in [1.807, 2.05) is 75.4 Å². The molecular formula is C22H27BrN2O2S. The number of nitrogens with one attached hydrogen (secondary N) is 1. The molecule has 0 aliphatic rings. The van der Waals surface area contributed by atoms with Gasteiger partial charge in [0.1, 0.15) is 6.04 Å². The summed E-state index contributed by atoms with van der Waals surface area (Å²) in [6, 6.07) is 17.0. The van der Waals surface area contributed by atoms with Crippen molar-refractivity contribution in [3.63, 3.8) is 0 Å². The molecule has 0 spiro atoms. The maximum atomic E-state index is 13.0. The molecule has 1 atom stereocenters. The Morgan fingerprint density at radius 1 is 1.07 bits per heavy atom. The van der Waals surface area contributed by atoms with E-state index in [0.29, 0.717) is 6.54 Å². The molecule has 0 aliphatic heterocycles. The van der Waals surface area contributed by atoms with Crippen molar-refractivity contribution in [3.05, 3.63) is 64.6 Å². The lowest BCUT2D eigenvalue weighted by Gasteiger charge is -2.31. The molecule has 2 aromatic rings. The van der Waals surface area contributed by atoms with Crippen LogP contribution in [0.15, 0.2) is 64.0 Å². The van der Waals surface area contributed by atoms with Crippen LogP contribution >= 0.6 is 27.7 Å². The second-order valence-electron chi connectivity index (χ2n) is 7.67. The summed E-state index contributed by atoms with van der Waals surface area (Å²) in [5.41, 5.74) is 0.632. The predicted molar refractivity (Wildman–Crippen MR) is 119 cm³/mol. The zero-order valence-corrected chi connectivity index (χ0v) is 19.1. The van der Waals surface area contributed by atoms with Gasteiger partial charge in [0.25, 0.3) is 0 Å². The van der Waals surface area contributed by atoms with E-state index in [4.69, 9.17) is 0 Å². The zero-order valence-electron chi connectivity index (χ0n) is 16.7. The van der Waals surface area contributed by atoms with Gasteiger partial charge < -0.3 is 10.2 Å². The summed E-state index contributed by atoms with van der Waals surface area (Å²) in [6.07, 6.45) is 0. The minimum absolute atomic E-state index is 0.0617. The van der Waals surface area contributed by atoms with Crippen LogP contribution in [0.4, 0.5) is 0 Å². The molecule has 0 aliphatic carbocycles. The van der Waals surface area contributed by atoms with Crippen molar-refractivity contribution in [2.24, 2.45) is 0 Å². The fourth-order valence-corrected chi connectivity index (χ4v) is 3.66. The summed E-state index contributed by atoms with van der Waals surface area (Å²) in [6.45, 7) is 7.97. The standard InChI is InChI=1S/C22H27BrN2O2S/c1-16(21(27)24-22(2,3)4)25(14-17-10-12-18(23)13-11-17)20(26)15-28-19-8-6-5-7-9-19/h5-13,16H,14-15H2,1-4H3,(H,24,27). The number of thioether (sulfide) groups is 1. The third kappa shape index (κ3) is 7.32. The number of carbonyl (C=O) groups is 2. The molecule has 1 N–H and O–H groups in total. The highest BCUT2D eigenvalue weighted by atomic mass is 79.9. The molecule has 28 heavy (non-hydrogen) atoms. The Kier molecular flexibility index (Phi) is 8.13. The lowest BCUT2D eigenvalue weighted by molar-refractivity contribution is -0.139. The molecule has 150 valence electrons. The van der Waals surface area contributed by atoms with Gasteiger partial charge in [-0.3, -0.25) is 9.59 Å². The fraction of sp³-hybridized carbons (Fsp3) is 0.364. The molecule has 0 saturated carbocycles. The highest BCUT2D eigenvalue weighted by Crippen LogP contribution is 2.20. The van der Waals surface area contributed by atoms with Crippen LogP contribution < -0.4 is 5.32 Å². The summed E-state index contributed by atoms with van der Waals surface area (Å²) in [7, 11) is 0. The van der Waals surface area contributed by atoms with Gasteiger partial charge in [-0.05, 0) is 57.5 Å². The minimum atomic E-state index is -0.563. The fourth-order valence-electron chi connectivity index (χ4n) is 2.59. The van der Waals surface area contributed by atoms with Crippen molar-refractivity contribution >= 4 is 39.5 Å². The van der Waals surface area contributed by atoms with Crippen LogP contribution in [0.25, 0.3) is 0 Å². The van der Waals surface area contributed by atoms with Crippen LogP contribution in [0.2, 0.25) is 0 Å². The minimum Gasteiger partial charge on any atom is -0.350 e. The number of carbonyl (C=O) groups excluding carboxylic acids is 2. The van der Waals surface area contributed by atoms with E-state index in [1.54, 1.807) is 11.8 Å². The van der Waals surface area contributed by atoms with Gasteiger partial charge in [-0.1, -0.05) is 46.3 Å². The van der Waals surface area contributed by atoms with Gasteiger partial charge in [-0.2, -0.15) is 0 Å². The Balaban J connectivity index is 2.15. The van der Waals surface area contributed by atoms with Crippen molar-refractivity contribution in [2.45, 2.75) is 50.7 Å². The van der Waals surface area contributed by atoms with E-state index < -0.39 is 6.04 Å². The van der Waals surface area contributed by atoms with E-state index >= 15 is 0 Å². The van der Waals surface area contributed by atoms with Crippen molar-refractivity contribution in [3.8, 4) is 0 Å². The Morgan fingerprint density at radius 3 is 2.25 bits per heavy atom. The van der Waals surface area contributed by atoms with Gasteiger partial charge in [0.2, 0.25) is 11.8 Å². The highest BCUT2D eigenvalue weighted by Gasteiger charge is 2.28. The topological polar surface area (TPSA) is 49.4 Å². The van der Waals surface area contributed by atoms with Crippen molar-refractivity contribution in [1.82, 2.24) is 10.2 Å². The van der Waals surface area contributed by atoms with Crippen LogP contribution in [0.1, 0.15) is 33.3 Å². The molecule has 2 rings (SSSR count). The third-order valence-electron chi connectivity index (χ3n) is 4.04. The van der Waals surface area contributed by atoms with Crippen LogP contribution in [0.3, 0.4) is 0 Å². The zero-order chi connectivity index (χ0) is 20.7. The first-order valence-electron chi connectivity index (χ1n) is 9.19. The molecule has 2 aromatic carbocycles. The van der Waals surface area contributed by atoms with Crippen molar-refractivity contribution in [2.75, 3.05) is 5.75 Å². The second kappa shape index (κ2) is 10.1. The quantitative estimate of drug-likeness (QED) is 0.596. The molecule has 0 radical (unpaired) electrons. The SMILES string of the molecule is CC(C(=O)NC(C)(C)C)N(Cc1ccc(Br)cc1)C(=O)CSc1ccccc1.